The van der Waals surface area contributed by atoms with Gasteiger partial charge >= 0.3 is 0 Å². The van der Waals surface area contributed by atoms with Gasteiger partial charge in [-0.05, 0) is 50.7 Å². The van der Waals surface area contributed by atoms with Crippen LogP contribution in [0.4, 0.5) is 0 Å². The number of carbonyl (C=O) groups is 3. The van der Waals surface area contributed by atoms with E-state index < -0.39 is 11.5 Å². The van der Waals surface area contributed by atoms with E-state index in [1.54, 1.807) is 24.3 Å². The highest BCUT2D eigenvalue weighted by molar-refractivity contribution is 6.21. The number of rotatable bonds is 4. The van der Waals surface area contributed by atoms with Crippen molar-refractivity contribution in [2.75, 3.05) is 6.54 Å². The number of carbonyl (C=O) groups excluding carboxylic acids is 3. The van der Waals surface area contributed by atoms with Gasteiger partial charge in [0.1, 0.15) is 5.78 Å². The summed E-state index contributed by atoms with van der Waals surface area (Å²) in [5, 5.41) is 10.7. The number of nitrogens with zero attached hydrogens (tertiary/aromatic N) is 1. The third kappa shape index (κ3) is 2.37. The molecule has 2 aliphatic carbocycles. The molecule has 1 heterocycles. The second-order valence-electron chi connectivity index (χ2n) is 7.75. The minimum atomic E-state index is -0.738. The molecule has 4 rings (SSSR count). The molecule has 26 heavy (non-hydrogen) atoms. The Balaban J connectivity index is 1.49. The van der Waals surface area contributed by atoms with E-state index in [9.17, 15) is 19.5 Å². The molecular formula is C21H23NO4. The Morgan fingerprint density at radius 2 is 1.81 bits per heavy atom. The van der Waals surface area contributed by atoms with Gasteiger partial charge in [-0.25, -0.2) is 0 Å². The maximum absolute atomic E-state index is 12.6. The van der Waals surface area contributed by atoms with Gasteiger partial charge in [0.2, 0.25) is 0 Å². The highest BCUT2D eigenvalue weighted by Gasteiger charge is 2.54. The Morgan fingerprint density at radius 3 is 2.46 bits per heavy atom. The molecule has 3 atom stereocenters. The Labute approximate surface area is 152 Å². The lowest BCUT2D eigenvalue weighted by molar-refractivity contribution is -0.135. The van der Waals surface area contributed by atoms with Crippen molar-refractivity contribution in [1.82, 2.24) is 4.90 Å². The Bertz CT molecular complexity index is 792. The summed E-state index contributed by atoms with van der Waals surface area (Å²) >= 11 is 0. The van der Waals surface area contributed by atoms with Gasteiger partial charge in [0.15, 0.2) is 0 Å². The Morgan fingerprint density at radius 1 is 1.15 bits per heavy atom. The summed E-state index contributed by atoms with van der Waals surface area (Å²) in [7, 11) is 0. The minimum Gasteiger partial charge on any atom is -0.392 e. The van der Waals surface area contributed by atoms with Gasteiger partial charge < -0.3 is 5.11 Å². The number of imide groups is 1. The summed E-state index contributed by atoms with van der Waals surface area (Å²) in [5.41, 5.74) is 1.29. The van der Waals surface area contributed by atoms with Gasteiger partial charge in [-0.15, -0.1) is 0 Å². The van der Waals surface area contributed by atoms with Crippen LogP contribution >= 0.6 is 0 Å². The standard InChI is InChI=1S/C21H23NO4/c1-13-11-14-7-8-17(23)21(14,18(24)12-13)9-4-10-22-19(25)15-5-2-3-6-16(15)20(22)26/h2-3,5-6,11,14,18,24H,4,7-10,12H2,1H3/t14-,18-,21-/m0/s1. The van der Waals surface area contributed by atoms with Crippen LogP contribution in [0.25, 0.3) is 0 Å². The quantitative estimate of drug-likeness (QED) is 0.667. The average Bonchev–Trinajstić information content (AvgIpc) is 3.06. The molecule has 0 spiro atoms. The molecule has 5 nitrogen and oxygen atoms in total. The Hall–Kier alpha value is -2.27. The van der Waals surface area contributed by atoms with E-state index >= 15 is 0 Å². The highest BCUT2D eigenvalue weighted by Crippen LogP contribution is 2.51. The summed E-state index contributed by atoms with van der Waals surface area (Å²) in [5.74, 6) is -0.336. The van der Waals surface area contributed by atoms with Gasteiger partial charge in [0.25, 0.3) is 11.8 Å². The monoisotopic (exact) mass is 353 g/mol. The van der Waals surface area contributed by atoms with E-state index in [0.717, 1.165) is 12.0 Å². The van der Waals surface area contributed by atoms with E-state index in [-0.39, 0.29) is 30.1 Å². The molecule has 136 valence electrons. The zero-order valence-corrected chi connectivity index (χ0v) is 14.9. The summed E-state index contributed by atoms with van der Waals surface area (Å²) in [6, 6.07) is 6.84. The smallest absolute Gasteiger partial charge is 0.261 e. The van der Waals surface area contributed by atoms with E-state index in [2.05, 4.69) is 6.08 Å². The van der Waals surface area contributed by atoms with Crippen molar-refractivity contribution in [2.24, 2.45) is 11.3 Å². The van der Waals surface area contributed by atoms with Gasteiger partial charge in [-0.2, -0.15) is 0 Å². The van der Waals surface area contributed by atoms with E-state index in [4.69, 9.17) is 0 Å². The third-order valence-electron chi connectivity index (χ3n) is 6.31. The van der Waals surface area contributed by atoms with Crippen molar-refractivity contribution in [3.63, 3.8) is 0 Å². The number of hydrogen-bond acceptors (Lipinski definition) is 4. The summed E-state index contributed by atoms with van der Waals surface area (Å²) in [6.07, 6.45) is 4.30. The second kappa shape index (κ2) is 6.16. The fraction of sp³-hybridized carbons (Fsp3) is 0.476. The number of aliphatic hydroxyl groups excluding tert-OH is 1. The molecule has 0 saturated heterocycles. The first-order valence-corrected chi connectivity index (χ1v) is 9.29. The van der Waals surface area contributed by atoms with Crippen LogP contribution in [-0.2, 0) is 4.79 Å². The number of benzene rings is 1. The van der Waals surface area contributed by atoms with Crippen LogP contribution in [0.2, 0.25) is 0 Å². The molecule has 0 unspecified atom stereocenters. The number of ketones is 1. The summed E-state index contributed by atoms with van der Waals surface area (Å²) in [4.78, 5) is 38.8. The molecule has 1 aliphatic heterocycles. The molecule has 0 aromatic heterocycles. The molecule has 2 amide bonds. The fourth-order valence-electron chi connectivity index (χ4n) is 5.01. The van der Waals surface area contributed by atoms with Crippen LogP contribution < -0.4 is 0 Å². The van der Waals surface area contributed by atoms with Crippen molar-refractivity contribution in [2.45, 2.75) is 45.1 Å². The van der Waals surface area contributed by atoms with Gasteiger partial charge in [0.05, 0.1) is 22.6 Å². The predicted molar refractivity (Wildman–Crippen MR) is 95.6 cm³/mol. The second-order valence-corrected chi connectivity index (χ2v) is 7.75. The largest absolute Gasteiger partial charge is 0.392 e. The molecule has 1 N–H and O–H groups in total. The number of allylic oxidation sites excluding steroid dienone is 1. The number of Topliss-reactive ketones (excluding diaryl/α,β-unsaturated/α-hetero) is 1. The van der Waals surface area contributed by atoms with Crippen molar-refractivity contribution >= 4 is 17.6 Å². The van der Waals surface area contributed by atoms with Gasteiger partial charge in [-0.3, -0.25) is 19.3 Å². The van der Waals surface area contributed by atoms with Crippen molar-refractivity contribution in [3.8, 4) is 0 Å². The molecule has 0 radical (unpaired) electrons. The molecule has 5 heteroatoms. The van der Waals surface area contributed by atoms with Crippen LogP contribution in [-0.4, -0.2) is 40.3 Å². The van der Waals surface area contributed by atoms with Crippen molar-refractivity contribution in [3.05, 3.63) is 47.0 Å². The molecule has 3 aliphatic rings. The lowest BCUT2D eigenvalue weighted by Gasteiger charge is -2.41. The van der Waals surface area contributed by atoms with Crippen molar-refractivity contribution < 1.29 is 19.5 Å². The first-order valence-electron chi connectivity index (χ1n) is 9.29. The number of fused-ring (bicyclic) bond motifs is 2. The molecule has 1 fully saturated rings. The first kappa shape index (κ1) is 17.2. The molecule has 0 bridgehead atoms. The molecule has 1 saturated carbocycles. The average molecular weight is 353 g/mol. The van der Waals surface area contributed by atoms with Crippen LogP contribution in [0.5, 0.6) is 0 Å². The number of hydrogen-bond donors (Lipinski definition) is 1. The minimum absolute atomic E-state index is 0.0703. The maximum atomic E-state index is 12.6. The van der Waals surface area contributed by atoms with Crippen LogP contribution in [0.3, 0.4) is 0 Å². The predicted octanol–water partition coefficient (Wildman–Crippen LogP) is 2.74. The van der Waals surface area contributed by atoms with E-state index in [1.807, 2.05) is 6.92 Å². The zero-order chi connectivity index (χ0) is 18.5. The van der Waals surface area contributed by atoms with Gasteiger partial charge in [0, 0.05) is 13.0 Å². The fourth-order valence-corrected chi connectivity index (χ4v) is 5.01. The molecular weight excluding hydrogens is 330 g/mol. The van der Waals surface area contributed by atoms with Crippen molar-refractivity contribution in [1.29, 1.82) is 0 Å². The lowest BCUT2D eigenvalue weighted by Crippen LogP contribution is -2.46. The van der Waals surface area contributed by atoms with E-state index in [0.29, 0.717) is 36.8 Å². The van der Waals surface area contributed by atoms with Crippen LogP contribution in [0.1, 0.15) is 59.7 Å². The maximum Gasteiger partial charge on any atom is 0.261 e. The van der Waals surface area contributed by atoms with Gasteiger partial charge in [-0.1, -0.05) is 23.8 Å². The summed E-state index contributed by atoms with van der Waals surface area (Å²) < 4.78 is 0. The SMILES string of the molecule is CC1=C[C@@H]2CCC(=O)[C@@]2(CCCN2C(=O)c3ccccc3C2=O)[C@@H](O)C1. The normalized spacial score (nSPS) is 30.5. The Kier molecular flexibility index (Phi) is 4.07. The van der Waals surface area contributed by atoms with E-state index in [1.165, 1.54) is 4.90 Å². The third-order valence-corrected chi connectivity index (χ3v) is 6.31. The highest BCUT2D eigenvalue weighted by atomic mass is 16.3. The molecule has 1 aromatic carbocycles. The number of amides is 2. The zero-order valence-electron chi connectivity index (χ0n) is 14.9. The lowest BCUT2D eigenvalue weighted by atomic mass is 9.64. The topological polar surface area (TPSA) is 74.7 Å². The van der Waals surface area contributed by atoms with Crippen LogP contribution in [0.15, 0.2) is 35.9 Å². The summed E-state index contributed by atoms with van der Waals surface area (Å²) in [6.45, 7) is 2.28. The van der Waals surface area contributed by atoms with Crippen LogP contribution in [0, 0.1) is 11.3 Å². The molecule has 1 aromatic rings. The number of aliphatic hydroxyl groups is 1. The first-order chi connectivity index (χ1) is 12.4.